The number of hydrogen-bond donors (Lipinski definition) is 1. The Bertz CT molecular complexity index is 243. The summed E-state index contributed by atoms with van der Waals surface area (Å²) in [6.45, 7) is 1.43. The van der Waals surface area contributed by atoms with E-state index in [4.69, 9.17) is 5.11 Å². The predicted molar refractivity (Wildman–Crippen MR) is 37.1 cm³/mol. The molecule has 0 fully saturated rings. The van der Waals surface area contributed by atoms with Crippen LogP contribution in [0.1, 0.15) is 17.4 Å². The van der Waals surface area contributed by atoms with Gasteiger partial charge in [-0.1, -0.05) is 0 Å². The molecule has 1 rings (SSSR count). The van der Waals surface area contributed by atoms with Crippen molar-refractivity contribution in [3.05, 3.63) is 18.0 Å². The third kappa shape index (κ3) is 0.900. The summed E-state index contributed by atoms with van der Waals surface area (Å²) in [6, 6.07) is 1.50. The van der Waals surface area contributed by atoms with Crippen molar-refractivity contribution in [1.82, 2.24) is 4.57 Å². The Morgan fingerprint density at radius 2 is 2.30 bits per heavy atom. The van der Waals surface area contributed by atoms with Crippen molar-refractivity contribution in [3.63, 3.8) is 0 Å². The zero-order valence-corrected chi connectivity index (χ0v) is 5.96. The number of aromatic nitrogens is 1. The molecule has 0 radical (unpaired) electrons. The minimum absolute atomic E-state index is 0.0509. The van der Waals surface area contributed by atoms with Crippen LogP contribution in [0.4, 0.5) is 0 Å². The van der Waals surface area contributed by atoms with E-state index in [0.29, 0.717) is 5.69 Å². The fourth-order valence-electron chi connectivity index (χ4n) is 0.945. The highest BCUT2D eigenvalue weighted by molar-refractivity contribution is 5.95. The van der Waals surface area contributed by atoms with Gasteiger partial charge < -0.3 is 9.67 Å². The number of aryl methyl sites for hydroxylation is 1. The van der Waals surface area contributed by atoms with E-state index in [9.17, 15) is 4.79 Å². The lowest BCUT2D eigenvalue weighted by Crippen LogP contribution is -2.00. The highest BCUT2D eigenvalue weighted by atomic mass is 16.3. The van der Waals surface area contributed by atoms with E-state index in [0.717, 1.165) is 0 Å². The van der Waals surface area contributed by atoms with Gasteiger partial charge in [0.15, 0.2) is 5.78 Å². The van der Waals surface area contributed by atoms with Crippen LogP contribution < -0.4 is 0 Å². The van der Waals surface area contributed by atoms with E-state index in [2.05, 4.69) is 0 Å². The Labute approximate surface area is 58.9 Å². The van der Waals surface area contributed by atoms with Crippen LogP contribution in [-0.4, -0.2) is 15.5 Å². The van der Waals surface area contributed by atoms with Gasteiger partial charge in [-0.05, 0) is 6.07 Å². The van der Waals surface area contributed by atoms with Crippen LogP contribution in [-0.2, 0) is 7.05 Å². The van der Waals surface area contributed by atoms with E-state index < -0.39 is 0 Å². The largest absolute Gasteiger partial charge is 0.506 e. The Morgan fingerprint density at radius 3 is 2.50 bits per heavy atom. The number of rotatable bonds is 1. The second kappa shape index (κ2) is 2.17. The number of nitrogens with zero attached hydrogens (tertiary/aromatic N) is 1. The Hall–Kier alpha value is -1.25. The zero-order valence-electron chi connectivity index (χ0n) is 5.96. The van der Waals surface area contributed by atoms with Gasteiger partial charge in [0.25, 0.3) is 0 Å². The van der Waals surface area contributed by atoms with Crippen molar-refractivity contribution < 1.29 is 9.90 Å². The molecule has 0 bridgehead atoms. The van der Waals surface area contributed by atoms with Crippen molar-refractivity contribution in [1.29, 1.82) is 0 Å². The molecule has 10 heavy (non-hydrogen) atoms. The van der Waals surface area contributed by atoms with Crippen molar-refractivity contribution in [2.24, 2.45) is 7.05 Å². The van der Waals surface area contributed by atoms with Gasteiger partial charge in [-0.3, -0.25) is 4.79 Å². The summed E-state index contributed by atoms with van der Waals surface area (Å²) in [5, 5.41) is 9.06. The molecule has 0 unspecified atom stereocenters. The molecule has 3 heteroatoms. The smallest absolute Gasteiger partial charge is 0.179 e. The fraction of sp³-hybridized carbons (Fsp3) is 0.286. The molecule has 0 aliphatic rings. The number of ketones is 1. The van der Waals surface area contributed by atoms with Gasteiger partial charge in [0.2, 0.25) is 0 Å². The van der Waals surface area contributed by atoms with Crippen molar-refractivity contribution in [3.8, 4) is 5.75 Å². The first-order valence-electron chi connectivity index (χ1n) is 2.98. The third-order valence-corrected chi connectivity index (χ3v) is 1.38. The Kier molecular flexibility index (Phi) is 1.49. The second-order valence-corrected chi connectivity index (χ2v) is 2.22. The van der Waals surface area contributed by atoms with E-state index in [-0.39, 0.29) is 11.5 Å². The first-order valence-corrected chi connectivity index (χ1v) is 2.98. The lowest BCUT2D eigenvalue weighted by atomic mass is 10.3. The minimum Gasteiger partial charge on any atom is -0.506 e. The normalized spacial score (nSPS) is 9.80. The summed E-state index contributed by atoms with van der Waals surface area (Å²) < 4.78 is 1.59. The lowest BCUT2D eigenvalue weighted by molar-refractivity contribution is 0.100. The highest BCUT2D eigenvalue weighted by Crippen LogP contribution is 2.16. The fourth-order valence-corrected chi connectivity index (χ4v) is 0.945. The molecular weight excluding hydrogens is 130 g/mol. The molecule has 1 N–H and O–H groups in total. The van der Waals surface area contributed by atoms with Gasteiger partial charge in [-0.25, -0.2) is 0 Å². The maximum Gasteiger partial charge on any atom is 0.179 e. The first-order chi connectivity index (χ1) is 4.63. The predicted octanol–water partition coefficient (Wildman–Crippen LogP) is 0.933. The van der Waals surface area contributed by atoms with Crippen molar-refractivity contribution >= 4 is 5.78 Å². The summed E-state index contributed by atoms with van der Waals surface area (Å²) in [6.07, 6.45) is 1.64. The van der Waals surface area contributed by atoms with Crippen LogP contribution in [0.3, 0.4) is 0 Å². The van der Waals surface area contributed by atoms with Crippen LogP contribution in [0.2, 0.25) is 0 Å². The van der Waals surface area contributed by atoms with Crippen LogP contribution in [0.25, 0.3) is 0 Å². The van der Waals surface area contributed by atoms with Gasteiger partial charge >= 0.3 is 0 Å². The molecule has 0 saturated carbocycles. The number of carbonyl (C=O) groups excluding carboxylic acids is 1. The average molecular weight is 139 g/mol. The van der Waals surface area contributed by atoms with E-state index in [1.807, 2.05) is 0 Å². The van der Waals surface area contributed by atoms with Gasteiger partial charge in [-0.15, -0.1) is 0 Å². The minimum atomic E-state index is -0.120. The van der Waals surface area contributed by atoms with Crippen molar-refractivity contribution in [2.75, 3.05) is 0 Å². The molecule has 3 nitrogen and oxygen atoms in total. The molecule has 54 valence electrons. The van der Waals surface area contributed by atoms with Crippen LogP contribution in [0.15, 0.2) is 12.3 Å². The molecule has 0 spiro atoms. The Balaban J connectivity index is 3.23. The second-order valence-electron chi connectivity index (χ2n) is 2.22. The topological polar surface area (TPSA) is 42.2 Å². The maximum absolute atomic E-state index is 10.8. The monoisotopic (exact) mass is 139 g/mol. The summed E-state index contributed by atoms with van der Waals surface area (Å²) in [5.41, 5.74) is 0.361. The summed E-state index contributed by atoms with van der Waals surface area (Å²) >= 11 is 0. The molecule has 1 aromatic heterocycles. The van der Waals surface area contributed by atoms with Crippen LogP contribution in [0.5, 0.6) is 5.75 Å². The summed E-state index contributed by atoms with van der Waals surface area (Å²) in [5.74, 6) is -0.0694. The first kappa shape index (κ1) is 6.86. The van der Waals surface area contributed by atoms with Crippen LogP contribution >= 0.6 is 0 Å². The summed E-state index contributed by atoms with van der Waals surface area (Å²) in [4.78, 5) is 10.8. The zero-order chi connectivity index (χ0) is 7.72. The van der Waals surface area contributed by atoms with E-state index in [1.165, 1.54) is 13.0 Å². The molecule has 0 saturated heterocycles. The molecule has 0 amide bonds. The molecular formula is C7H9NO2. The number of aromatic hydroxyl groups is 1. The average Bonchev–Trinajstić information content (AvgIpc) is 2.11. The molecule has 0 aromatic carbocycles. The molecule has 1 aromatic rings. The molecule has 0 atom stereocenters. The molecule has 1 heterocycles. The number of hydrogen-bond acceptors (Lipinski definition) is 2. The maximum atomic E-state index is 10.8. The molecule has 0 aliphatic carbocycles. The Morgan fingerprint density at radius 1 is 1.70 bits per heavy atom. The molecule has 0 aliphatic heterocycles. The third-order valence-electron chi connectivity index (χ3n) is 1.38. The van der Waals surface area contributed by atoms with Gasteiger partial charge in [-0.2, -0.15) is 0 Å². The van der Waals surface area contributed by atoms with Crippen molar-refractivity contribution in [2.45, 2.75) is 6.92 Å². The quantitative estimate of drug-likeness (QED) is 0.588. The highest BCUT2D eigenvalue weighted by Gasteiger charge is 2.08. The van der Waals surface area contributed by atoms with E-state index >= 15 is 0 Å². The lowest BCUT2D eigenvalue weighted by Gasteiger charge is -1.96. The van der Waals surface area contributed by atoms with E-state index in [1.54, 1.807) is 17.8 Å². The summed E-state index contributed by atoms with van der Waals surface area (Å²) in [7, 11) is 1.72. The number of Topliss-reactive ketones (excluding diaryl/α,β-unsaturated/α-hetero) is 1. The number of carbonyl (C=O) groups is 1. The van der Waals surface area contributed by atoms with Gasteiger partial charge in [0.1, 0.15) is 11.4 Å². The standard InChI is InChI=1S/C7H9NO2/c1-5(9)7-6(10)3-4-8(7)2/h3-4,10H,1-2H3. The van der Waals surface area contributed by atoms with Gasteiger partial charge in [0, 0.05) is 20.2 Å². The SMILES string of the molecule is CC(=O)c1c(O)ccn1C. The van der Waals surface area contributed by atoms with Gasteiger partial charge in [0.05, 0.1) is 0 Å². The van der Waals surface area contributed by atoms with Crippen LogP contribution in [0, 0.1) is 0 Å².